The van der Waals surface area contributed by atoms with Crippen LogP contribution in [0.15, 0.2) is 0 Å². The second-order valence-electron chi connectivity index (χ2n) is 3.85. The van der Waals surface area contributed by atoms with Crippen molar-refractivity contribution in [1.29, 1.82) is 0 Å². The van der Waals surface area contributed by atoms with Gasteiger partial charge in [0.1, 0.15) is 0 Å². The molecular formula is C11H22O4. The van der Waals surface area contributed by atoms with Gasteiger partial charge in [0.25, 0.3) is 0 Å². The number of aliphatic hydroxyl groups excluding tert-OH is 2. The lowest BCUT2D eigenvalue weighted by Crippen LogP contribution is -2.33. The zero-order valence-corrected chi connectivity index (χ0v) is 9.77. The maximum atomic E-state index is 11.1. The Bertz CT molecular complexity index is 181. The van der Waals surface area contributed by atoms with Gasteiger partial charge in [-0.3, -0.25) is 4.79 Å². The Hall–Kier alpha value is -0.610. The van der Waals surface area contributed by atoms with Gasteiger partial charge >= 0.3 is 5.97 Å². The van der Waals surface area contributed by atoms with Crippen LogP contribution in [0.4, 0.5) is 0 Å². The van der Waals surface area contributed by atoms with Crippen molar-refractivity contribution in [3.63, 3.8) is 0 Å². The summed E-state index contributed by atoms with van der Waals surface area (Å²) in [5.41, 5.74) is 0. The summed E-state index contributed by atoms with van der Waals surface area (Å²) in [5, 5.41) is 19.1. The summed E-state index contributed by atoms with van der Waals surface area (Å²) in [7, 11) is 0. The molecule has 0 rings (SSSR count). The molecular weight excluding hydrogens is 196 g/mol. The van der Waals surface area contributed by atoms with Crippen LogP contribution in [-0.4, -0.2) is 28.6 Å². The van der Waals surface area contributed by atoms with Crippen LogP contribution in [0.3, 0.4) is 0 Å². The maximum Gasteiger partial charge on any atom is 0.308 e. The van der Waals surface area contributed by atoms with Crippen molar-refractivity contribution < 1.29 is 19.7 Å². The van der Waals surface area contributed by atoms with Crippen molar-refractivity contribution in [3.8, 4) is 0 Å². The molecule has 0 aliphatic rings. The van der Waals surface area contributed by atoms with Gasteiger partial charge < -0.3 is 14.9 Å². The van der Waals surface area contributed by atoms with Crippen molar-refractivity contribution in [2.45, 2.75) is 58.8 Å². The Kier molecular flexibility index (Phi) is 7.34. The van der Waals surface area contributed by atoms with Gasteiger partial charge in [0, 0.05) is 12.3 Å². The minimum absolute atomic E-state index is 0.299. The van der Waals surface area contributed by atoms with Crippen LogP contribution >= 0.6 is 0 Å². The lowest BCUT2D eigenvalue weighted by atomic mass is 10.0. The van der Waals surface area contributed by atoms with Gasteiger partial charge in [-0.15, -0.1) is 0 Å². The monoisotopic (exact) mass is 218 g/mol. The molecule has 0 bridgehead atoms. The van der Waals surface area contributed by atoms with Crippen molar-refractivity contribution in [2.24, 2.45) is 5.92 Å². The molecule has 90 valence electrons. The van der Waals surface area contributed by atoms with E-state index in [0.717, 1.165) is 6.42 Å². The molecule has 15 heavy (non-hydrogen) atoms. The van der Waals surface area contributed by atoms with Crippen LogP contribution in [0.2, 0.25) is 0 Å². The molecule has 4 heteroatoms. The van der Waals surface area contributed by atoms with E-state index in [-0.39, 0.29) is 0 Å². The molecule has 0 heterocycles. The summed E-state index contributed by atoms with van der Waals surface area (Å²) in [6, 6.07) is 0. The Labute approximate surface area is 91.3 Å². The molecule has 0 saturated carbocycles. The van der Waals surface area contributed by atoms with Gasteiger partial charge in [-0.2, -0.15) is 0 Å². The molecule has 2 N–H and O–H groups in total. The number of carbonyl (C=O) groups is 1. The SMILES string of the molecule is CCCC(=O)OC(O)C(C)C(O)CCC. The van der Waals surface area contributed by atoms with Gasteiger partial charge in [0.15, 0.2) is 0 Å². The van der Waals surface area contributed by atoms with E-state index in [0.29, 0.717) is 19.3 Å². The fourth-order valence-electron chi connectivity index (χ4n) is 1.25. The van der Waals surface area contributed by atoms with Crippen LogP contribution < -0.4 is 0 Å². The molecule has 0 amide bonds. The van der Waals surface area contributed by atoms with Crippen molar-refractivity contribution in [3.05, 3.63) is 0 Å². The van der Waals surface area contributed by atoms with E-state index in [2.05, 4.69) is 0 Å². The average Bonchev–Trinajstić information content (AvgIpc) is 2.17. The van der Waals surface area contributed by atoms with Crippen LogP contribution in [0.25, 0.3) is 0 Å². The number of carbonyl (C=O) groups excluding carboxylic acids is 1. The predicted molar refractivity (Wildman–Crippen MR) is 57.1 cm³/mol. The number of aliphatic hydroxyl groups is 2. The second-order valence-corrected chi connectivity index (χ2v) is 3.85. The first-order valence-electron chi connectivity index (χ1n) is 5.58. The quantitative estimate of drug-likeness (QED) is 0.501. The largest absolute Gasteiger partial charge is 0.436 e. The third kappa shape index (κ3) is 5.74. The van der Waals surface area contributed by atoms with E-state index in [4.69, 9.17) is 4.74 Å². The predicted octanol–water partition coefficient (Wildman–Crippen LogP) is 1.45. The van der Waals surface area contributed by atoms with E-state index in [1.807, 2.05) is 13.8 Å². The van der Waals surface area contributed by atoms with Crippen LogP contribution in [0.1, 0.15) is 46.5 Å². The molecule has 4 nitrogen and oxygen atoms in total. The van der Waals surface area contributed by atoms with Gasteiger partial charge in [-0.25, -0.2) is 0 Å². The van der Waals surface area contributed by atoms with Gasteiger partial charge in [-0.05, 0) is 12.8 Å². The minimum atomic E-state index is -1.20. The van der Waals surface area contributed by atoms with Crippen LogP contribution in [0.5, 0.6) is 0 Å². The highest BCUT2D eigenvalue weighted by Gasteiger charge is 2.24. The smallest absolute Gasteiger partial charge is 0.308 e. The highest BCUT2D eigenvalue weighted by molar-refractivity contribution is 5.69. The topological polar surface area (TPSA) is 66.8 Å². The van der Waals surface area contributed by atoms with Gasteiger partial charge in [0.05, 0.1) is 6.10 Å². The van der Waals surface area contributed by atoms with Gasteiger partial charge in [-0.1, -0.05) is 27.2 Å². The summed E-state index contributed by atoms with van der Waals surface area (Å²) in [6.45, 7) is 5.48. The standard InChI is InChI=1S/C11H22O4/c1-4-6-9(12)8(3)11(14)15-10(13)7-5-2/h8-9,11-12,14H,4-7H2,1-3H3. The fourth-order valence-corrected chi connectivity index (χ4v) is 1.25. The lowest BCUT2D eigenvalue weighted by molar-refractivity contribution is -0.183. The zero-order chi connectivity index (χ0) is 11.8. The Balaban J connectivity index is 3.96. The molecule has 0 aromatic rings. The van der Waals surface area contributed by atoms with E-state index in [9.17, 15) is 15.0 Å². The summed E-state index contributed by atoms with van der Waals surface area (Å²) in [6.07, 6.45) is 0.598. The second kappa shape index (κ2) is 7.65. The molecule has 3 atom stereocenters. The first-order chi connectivity index (χ1) is 7.02. The highest BCUT2D eigenvalue weighted by Crippen LogP contribution is 2.15. The third-order valence-electron chi connectivity index (χ3n) is 2.35. The first-order valence-corrected chi connectivity index (χ1v) is 5.58. The molecule has 0 aromatic heterocycles. The van der Waals surface area contributed by atoms with Crippen LogP contribution in [0, 0.1) is 5.92 Å². The Morgan fingerprint density at radius 1 is 1.27 bits per heavy atom. The fraction of sp³-hybridized carbons (Fsp3) is 0.909. The van der Waals surface area contributed by atoms with Crippen molar-refractivity contribution in [2.75, 3.05) is 0 Å². The molecule has 0 radical (unpaired) electrons. The molecule has 0 saturated heterocycles. The Morgan fingerprint density at radius 2 is 1.87 bits per heavy atom. The number of hydrogen-bond donors (Lipinski definition) is 2. The molecule has 3 unspecified atom stereocenters. The molecule has 0 spiro atoms. The third-order valence-corrected chi connectivity index (χ3v) is 2.35. The maximum absolute atomic E-state index is 11.1. The highest BCUT2D eigenvalue weighted by atomic mass is 16.6. The van der Waals surface area contributed by atoms with E-state index < -0.39 is 24.3 Å². The summed E-state index contributed by atoms with van der Waals surface area (Å²) in [4.78, 5) is 11.1. The zero-order valence-electron chi connectivity index (χ0n) is 9.77. The van der Waals surface area contributed by atoms with E-state index in [1.54, 1.807) is 6.92 Å². The summed E-state index contributed by atoms with van der Waals surface area (Å²) < 4.78 is 4.78. The molecule has 0 aliphatic carbocycles. The van der Waals surface area contributed by atoms with E-state index in [1.165, 1.54) is 0 Å². The van der Waals surface area contributed by atoms with E-state index >= 15 is 0 Å². The lowest BCUT2D eigenvalue weighted by Gasteiger charge is -2.23. The van der Waals surface area contributed by atoms with Gasteiger partial charge in [0.2, 0.25) is 6.29 Å². The average molecular weight is 218 g/mol. The number of ether oxygens (including phenoxy) is 1. The Morgan fingerprint density at radius 3 is 2.33 bits per heavy atom. The van der Waals surface area contributed by atoms with Crippen molar-refractivity contribution in [1.82, 2.24) is 0 Å². The molecule has 0 aliphatic heterocycles. The first kappa shape index (κ1) is 14.4. The molecule has 0 fully saturated rings. The van der Waals surface area contributed by atoms with Crippen LogP contribution in [-0.2, 0) is 9.53 Å². The molecule has 0 aromatic carbocycles. The number of rotatable bonds is 7. The summed E-state index contributed by atoms with van der Waals surface area (Å²) >= 11 is 0. The summed E-state index contributed by atoms with van der Waals surface area (Å²) in [5.74, 6) is -0.855. The van der Waals surface area contributed by atoms with Crippen molar-refractivity contribution >= 4 is 5.97 Å². The normalized spacial score (nSPS) is 16.9. The number of hydrogen-bond acceptors (Lipinski definition) is 4. The number of esters is 1. The minimum Gasteiger partial charge on any atom is -0.436 e.